The predicted molar refractivity (Wildman–Crippen MR) is 74.4 cm³/mol. The lowest BCUT2D eigenvalue weighted by Crippen LogP contribution is -2.21. The highest BCUT2D eigenvalue weighted by molar-refractivity contribution is 5.68. The molecule has 6 heteroatoms. The first kappa shape index (κ1) is 13.6. The fourth-order valence-corrected chi connectivity index (χ4v) is 2.17. The van der Waals surface area contributed by atoms with Gasteiger partial charge < -0.3 is 4.98 Å². The molecule has 0 aliphatic carbocycles. The van der Waals surface area contributed by atoms with Gasteiger partial charge in [0, 0.05) is 6.42 Å². The van der Waals surface area contributed by atoms with Gasteiger partial charge in [0.15, 0.2) is 5.65 Å². The van der Waals surface area contributed by atoms with Crippen LogP contribution >= 0.6 is 0 Å². The Labute approximate surface area is 110 Å². The van der Waals surface area contributed by atoms with Gasteiger partial charge in [-0.3, -0.25) is 14.8 Å². The van der Waals surface area contributed by atoms with Crippen LogP contribution < -0.4 is 11.2 Å². The molecule has 19 heavy (non-hydrogen) atoms. The molecule has 0 atom stereocenters. The minimum atomic E-state index is -0.518. The standard InChI is InChI=1S/C13H20N4O2/c1-2-3-4-5-6-7-8-9-14-10-11(15-9)16-13(19)17-12(10)18/h2-8H2,1H3,(H3,14,15,16,17,18,19). The number of imidazole rings is 1. The summed E-state index contributed by atoms with van der Waals surface area (Å²) in [5, 5.41) is 0. The first-order chi connectivity index (χ1) is 9.20. The molecule has 0 unspecified atom stereocenters. The van der Waals surface area contributed by atoms with Crippen LogP contribution in [0, 0.1) is 0 Å². The maximum Gasteiger partial charge on any atom is 0.327 e. The molecular weight excluding hydrogens is 244 g/mol. The van der Waals surface area contributed by atoms with Crippen LogP contribution in [-0.2, 0) is 6.42 Å². The smallest absolute Gasteiger partial charge is 0.327 e. The molecule has 0 saturated heterocycles. The third kappa shape index (κ3) is 3.56. The van der Waals surface area contributed by atoms with Gasteiger partial charge in [-0.15, -0.1) is 0 Å². The molecule has 3 N–H and O–H groups in total. The minimum Gasteiger partial charge on any atom is -0.336 e. The molecule has 0 radical (unpaired) electrons. The summed E-state index contributed by atoms with van der Waals surface area (Å²) in [6, 6.07) is 0. The largest absolute Gasteiger partial charge is 0.336 e. The Kier molecular flexibility index (Phi) is 4.54. The number of nitrogens with one attached hydrogen (secondary N) is 3. The Hall–Kier alpha value is -1.85. The third-order valence-electron chi connectivity index (χ3n) is 3.21. The van der Waals surface area contributed by atoms with E-state index in [1.165, 1.54) is 32.1 Å². The summed E-state index contributed by atoms with van der Waals surface area (Å²) in [4.78, 5) is 34.5. The van der Waals surface area contributed by atoms with Crippen molar-refractivity contribution in [1.29, 1.82) is 0 Å². The topological polar surface area (TPSA) is 94.4 Å². The number of rotatable bonds is 7. The van der Waals surface area contributed by atoms with Crippen molar-refractivity contribution >= 4 is 11.2 Å². The SMILES string of the molecule is CCCCCCCCc1nc2[nH]c(=O)[nH]c(=O)c2[nH]1. The highest BCUT2D eigenvalue weighted by Crippen LogP contribution is 2.09. The van der Waals surface area contributed by atoms with Crippen molar-refractivity contribution in [2.75, 3.05) is 0 Å². The molecular formula is C13H20N4O2. The lowest BCUT2D eigenvalue weighted by molar-refractivity contribution is 0.602. The number of fused-ring (bicyclic) bond motifs is 1. The molecule has 0 aliphatic rings. The van der Waals surface area contributed by atoms with Gasteiger partial charge >= 0.3 is 5.69 Å². The summed E-state index contributed by atoms with van der Waals surface area (Å²) in [5.41, 5.74) is -0.245. The number of nitrogens with zero attached hydrogens (tertiary/aromatic N) is 1. The molecule has 0 fully saturated rings. The van der Waals surface area contributed by atoms with E-state index in [9.17, 15) is 9.59 Å². The second kappa shape index (κ2) is 6.36. The average Bonchev–Trinajstić information content (AvgIpc) is 2.76. The van der Waals surface area contributed by atoms with E-state index in [4.69, 9.17) is 0 Å². The highest BCUT2D eigenvalue weighted by Gasteiger charge is 2.07. The molecule has 2 aromatic heterocycles. The highest BCUT2D eigenvalue weighted by atomic mass is 16.2. The number of aryl methyl sites for hydroxylation is 1. The van der Waals surface area contributed by atoms with Crippen molar-refractivity contribution in [1.82, 2.24) is 19.9 Å². The lowest BCUT2D eigenvalue weighted by atomic mass is 10.1. The molecule has 6 nitrogen and oxygen atoms in total. The fraction of sp³-hybridized carbons (Fsp3) is 0.615. The number of H-pyrrole nitrogens is 3. The molecule has 0 aromatic carbocycles. The van der Waals surface area contributed by atoms with E-state index in [0.29, 0.717) is 11.2 Å². The van der Waals surface area contributed by atoms with Crippen molar-refractivity contribution in [2.45, 2.75) is 51.9 Å². The first-order valence-electron chi connectivity index (χ1n) is 6.92. The van der Waals surface area contributed by atoms with Gasteiger partial charge in [-0.05, 0) is 6.42 Å². The monoisotopic (exact) mass is 264 g/mol. The van der Waals surface area contributed by atoms with Crippen LogP contribution in [0.15, 0.2) is 9.59 Å². The van der Waals surface area contributed by atoms with Crippen molar-refractivity contribution in [3.63, 3.8) is 0 Å². The van der Waals surface area contributed by atoms with Crippen molar-refractivity contribution in [3.8, 4) is 0 Å². The number of hydrogen-bond acceptors (Lipinski definition) is 3. The van der Waals surface area contributed by atoms with Gasteiger partial charge in [0.1, 0.15) is 11.3 Å². The Bertz CT molecular complexity index is 638. The summed E-state index contributed by atoms with van der Waals surface area (Å²) in [7, 11) is 0. The molecule has 0 amide bonds. The van der Waals surface area contributed by atoms with E-state index >= 15 is 0 Å². The normalized spacial score (nSPS) is 11.2. The van der Waals surface area contributed by atoms with Crippen LogP contribution in [0.3, 0.4) is 0 Å². The van der Waals surface area contributed by atoms with Crippen molar-refractivity contribution in [3.05, 3.63) is 26.7 Å². The molecule has 2 heterocycles. The Morgan fingerprint density at radius 1 is 0.947 bits per heavy atom. The van der Waals surface area contributed by atoms with E-state index in [0.717, 1.165) is 18.7 Å². The number of aromatic nitrogens is 4. The zero-order valence-corrected chi connectivity index (χ0v) is 11.2. The second-order valence-electron chi connectivity index (χ2n) is 4.83. The van der Waals surface area contributed by atoms with E-state index in [-0.39, 0.29) is 0 Å². The van der Waals surface area contributed by atoms with Gasteiger partial charge in [0.2, 0.25) is 0 Å². The van der Waals surface area contributed by atoms with Crippen LogP contribution in [0.2, 0.25) is 0 Å². The van der Waals surface area contributed by atoms with Gasteiger partial charge in [-0.2, -0.15) is 0 Å². The van der Waals surface area contributed by atoms with Gasteiger partial charge in [0.25, 0.3) is 5.56 Å². The average molecular weight is 264 g/mol. The van der Waals surface area contributed by atoms with Crippen LogP contribution in [-0.4, -0.2) is 19.9 Å². The summed E-state index contributed by atoms with van der Waals surface area (Å²) in [6.45, 7) is 2.20. The third-order valence-corrected chi connectivity index (χ3v) is 3.21. The summed E-state index contributed by atoms with van der Waals surface area (Å²) < 4.78 is 0. The van der Waals surface area contributed by atoms with Crippen LogP contribution in [0.1, 0.15) is 51.3 Å². The summed E-state index contributed by atoms with van der Waals surface area (Å²) in [5.74, 6) is 0.762. The molecule has 0 aliphatic heterocycles. The predicted octanol–water partition coefficient (Wildman–Crippen LogP) is 1.84. The van der Waals surface area contributed by atoms with Crippen molar-refractivity contribution < 1.29 is 0 Å². The molecule has 104 valence electrons. The quantitative estimate of drug-likeness (QED) is 0.666. The van der Waals surface area contributed by atoms with Gasteiger partial charge in [-0.25, -0.2) is 9.78 Å². The Morgan fingerprint density at radius 2 is 1.68 bits per heavy atom. The zero-order valence-electron chi connectivity index (χ0n) is 11.2. The molecule has 2 aromatic rings. The second-order valence-corrected chi connectivity index (χ2v) is 4.83. The van der Waals surface area contributed by atoms with Crippen molar-refractivity contribution in [2.24, 2.45) is 0 Å². The number of hydrogen-bond donors (Lipinski definition) is 3. The molecule has 2 rings (SSSR count). The Morgan fingerprint density at radius 3 is 2.47 bits per heavy atom. The van der Waals surface area contributed by atoms with E-state index in [1.807, 2.05) is 0 Å². The van der Waals surface area contributed by atoms with Gasteiger partial charge in [0.05, 0.1) is 0 Å². The van der Waals surface area contributed by atoms with Crippen LogP contribution in [0.25, 0.3) is 11.2 Å². The molecule has 0 saturated carbocycles. The lowest BCUT2D eigenvalue weighted by Gasteiger charge is -1.98. The van der Waals surface area contributed by atoms with E-state index < -0.39 is 11.2 Å². The van der Waals surface area contributed by atoms with E-state index in [1.54, 1.807) is 0 Å². The maximum atomic E-state index is 11.5. The fourth-order valence-electron chi connectivity index (χ4n) is 2.17. The number of aromatic amines is 3. The van der Waals surface area contributed by atoms with Crippen LogP contribution in [0.4, 0.5) is 0 Å². The van der Waals surface area contributed by atoms with Gasteiger partial charge in [-0.1, -0.05) is 39.0 Å². The zero-order chi connectivity index (χ0) is 13.7. The van der Waals surface area contributed by atoms with Crippen LogP contribution in [0.5, 0.6) is 0 Å². The Balaban J connectivity index is 1.93. The minimum absolute atomic E-state index is 0.342. The van der Waals surface area contributed by atoms with E-state index in [2.05, 4.69) is 26.9 Å². The molecule has 0 spiro atoms. The summed E-state index contributed by atoms with van der Waals surface area (Å²) in [6.07, 6.45) is 8.09. The molecule has 0 bridgehead atoms. The first-order valence-corrected chi connectivity index (χ1v) is 6.92. The number of unbranched alkanes of at least 4 members (excludes halogenated alkanes) is 5. The maximum absolute atomic E-state index is 11.5. The summed E-state index contributed by atoms with van der Waals surface area (Å²) >= 11 is 0.